The van der Waals surface area contributed by atoms with E-state index in [1.54, 1.807) is 0 Å². The van der Waals surface area contributed by atoms with Gasteiger partial charge in [0, 0.05) is 25.8 Å². The van der Waals surface area contributed by atoms with Crippen molar-refractivity contribution in [3.05, 3.63) is 11.7 Å². The summed E-state index contributed by atoms with van der Waals surface area (Å²) in [4.78, 5) is 28.6. The zero-order valence-corrected chi connectivity index (χ0v) is 18.6. The third-order valence-electron chi connectivity index (χ3n) is 5.66. The van der Waals surface area contributed by atoms with E-state index in [9.17, 15) is 9.59 Å². The molecule has 1 aliphatic carbocycles. The lowest BCUT2D eigenvalue weighted by Gasteiger charge is -2.30. The van der Waals surface area contributed by atoms with Crippen LogP contribution in [0, 0.1) is 5.92 Å². The summed E-state index contributed by atoms with van der Waals surface area (Å²) in [6.45, 7) is 8.01. The van der Waals surface area contributed by atoms with Crippen LogP contribution in [0.15, 0.2) is 4.52 Å². The molecule has 1 atom stereocenters. The van der Waals surface area contributed by atoms with Crippen LogP contribution < -0.4 is 10.6 Å². The van der Waals surface area contributed by atoms with E-state index in [-0.39, 0.29) is 17.9 Å². The number of nitrogens with zero attached hydrogens (tertiary/aromatic N) is 2. The maximum atomic E-state index is 12.2. The molecule has 1 aliphatic rings. The van der Waals surface area contributed by atoms with E-state index in [0.29, 0.717) is 30.5 Å². The zero-order chi connectivity index (χ0) is 21.3. The van der Waals surface area contributed by atoms with Crippen LogP contribution in [0.4, 0.5) is 0 Å². The Morgan fingerprint density at radius 3 is 2.41 bits per heavy atom. The van der Waals surface area contributed by atoms with Crippen molar-refractivity contribution in [3.63, 3.8) is 0 Å². The van der Waals surface area contributed by atoms with E-state index in [2.05, 4.69) is 34.6 Å². The highest BCUT2D eigenvalue weighted by atomic mass is 16.5. The van der Waals surface area contributed by atoms with Gasteiger partial charge in [-0.05, 0) is 32.1 Å². The summed E-state index contributed by atoms with van der Waals surface area (Å²) < 4.78 is 5.42. The maximum absolute atomic E-state index is 12.2. The molecule has 1 aromatic rings. The Hall–Kier alpha value is -1.92. The fourth-order valence-electron chi connectivity index (χ4n) is 4.10. The van der Waals surface area contributed by atoms with Gasteiger partial charge in [0.05, 0.1) is 0 Å². The lowest BCUT2D eigenvalue weighted by Crippen LogP contribution is -2.45. The number of carbonyl (C=O) groups is 2. The van der Waals surface area contributed by atoms with Gasteiger partial charge in [-0.3, -0.25) is 9.59 Å². The van der Waals surface area contributed by atoms with Crippen molar-refractivity contribution in [2.24, 2.45) is 5.92 Å². The van der Waals surface area contributed by atoms with Gasteiger partial charge in [0.2, 0.25) is 17.7 Å². The molecule has 7 heteroatoms. The summed E-state index contributed by atoms with van der Waals surface area (Å²) in [5.41, 5.74) is -0.544. The first-order valence-electron chi connectivity index (χ1n) is 11.2. The van der Waals surface area contributed by atoms with Crippen molar-refractivity contribution >= 4 is 11.8 Å². The highest BCUT2D eigenvalue weighted by molar-refractivity contribution is 5.76. The average Bonchev–Trinajstić information content (AvgIpc) is 3.00. The molecule has 1 aromatic heterocycles. The van der Waals surface area contributed by atoms with Crippen LogP contribution in [0.1, 0.15) is 104 Å². The molecule has 0 spiro atoms. The van der Waals surface area contributed by atoms with Crippen molar-refractivity contribution < 1.29 is 14.1 Å². The van der Waals surface area contributed by atoms with Gasteiger partial charge in [-0.25, -0.2) is 0 Å². The van der Waals surface area contributed by atoms with Gasteiger partial charge in [0.15, 0.2) is 5.82 Å². The van der Waals surface area contributed by atoms with Crippen molar-refractivity contribution in [3.8, 4) is 0 Å². The molecule has 7 nitrogen and oxygen atoms in total. The van der Waals surface area contributed by atoms with Crippen molar-refractivity contribution in [2.75, 3.05) is 0 Å². The average molecular weight is 407 g/mol. The van der Waals surface area contributed by atoms with Crippen LogP contribution in [-0.4, -0.2) is 28.0 Å². The molecule has 2 rings (SSSR count). The first-order valence-corrected chi connectivity index (χ1v) is 11.2. The molecule has 0 bridgehead atoms. The second kappa shape index (κ2) is 11.3. The largest absolute Gasteiger partial charge is 0.354 e. The third-order valence-corrected chi connectivity index (χ3v) is 5.66. The molecule has 2 N–H and O–H groups in total. The van der Waals surface area contributed by atoms with Gasteiger partial charge in [-0.2, -0.15) is 4.98 Å². The summed E-state index contributed by atoms with van der Waals surface area (Å²) in [5.74, 6) is 1.62. The number of hydrogen-bond acceptors (Lipinski definition) is 5. The van der Waals surface area contributed by atoms with Crippen LogP contribution in [0.2, 0.25) is 0 Å². The number of rotatable bonds is 10. The SMILES string of the molecule is CC(=O)NC1(c2noc(CCC(=O)NC(C)CCCC(C)C)n2)CCCCCC1. The number of aromatic nitrogens is 2. The number of hydrogen-bond donors (Lipinski definition) is 2. The normalized spacial score (nSPS) is 17.6. The fraction of sp³-hybridized carbons (Fsp3) is 0.818. The van der Waals surface area contributed by atoms with Gasteiger partial charge >= 0.3 is 0 Å². The van der Waals surface area contributed by atoms with E-state index in [0.717, 1.165) is 51.4 Å². The van der Waals surface area contributed by atoms with Crippen LogP contribution in [0.5, 0.6) is 0 Å². The second-order valence-corrected chi connectivity index (χ2v) is 8.98. The Kier molecular flexibility index (Phi) is 9.11. The van der Waals surface area contributed by atoms with E-state index in [1.165, 1.54) is 13.3 Å². The Labute approximate surface area is 174 Å². The van der Waals surface area contributed by atoms with E-state index in [1.807, 2.05) is 6.92 Å². The van der Waals surface area contributed by atoms with Crippen LogP contribution in [-0.2, 0) is 21.5 Å². The number of amides is 2. The van der Waals surface area contributed by atoms with Gasteiger partial charge in [-0.1, -0.05) is 57.5 Å². The lowest BCUT2D eigenvalue weighted by atomic mass is 9.89. The predicted octanol–water partition coefficient (Wildman–Crippen LogP) is 4.02. The molecule has 1 fully saturated rings. The molecule has 0 aromatic carbocycles. The van der Waals surface area contributed by atoms with Crippen molar-refractivity contribution in [1.29, 1.82) is 0 Å². The molecule has 1 saturated carbocycles. The molecule has 1 heterocycles. The number of aryl methyl sites for hydroxylation is 1. The maximum Gasteiger partial charge on any atom is 0.227 e. The Bertz CT molecular complexity index is 648. The first-order chi connectivity index (χ1) is 13.8. The van der Waals surface area contributed by atoms with Crippen LogP contribution >= 0.6 is 0 Å². The highest BCUT2D eigenvalue weighted by Gasteiger charge is 2.38. The molecule has 1 unspecified atom stereocenters. The minimum absolute atomic E-state index is 0.00726. The van der Waals surface area contributed by atoms with Gasteiger partial charge < -0.3 is 15.2 Å². The van der Waals surface area contributed by atoms with Crippen molar-refractivity contribution in [2.45, 2.75) is 110 Å². The minimum Gasteiger partial charge on any atom is -0.354 e. The summed E-state index contributed by atoms with van der Waals surface area (Å²) in [6.07, 6.45) is 10.0. The van der Waals surface area contributed by atoms with Crippen LogP contribution in [0.3, 0.4) is 0 Å². The summed E-state index contributed by atoms with van der Waals surface area (Å²) in [6, 6.07) is 0.175. The molecule has 2 amide bonds. The number of carbonyl (C=O) groups excluding carboxylic acids is 2. The minimum atomic E-state index is -0.544. The van der Waals surface area contributed by atoms with E-state index >= 15 is 0 Å². The quantitative estimate of drug-likeness (QED) is 0.572. The zero-order valence-electron chi connectivity index (χ0n) is 18.6. The Balaban J connectivity index is 1.88. The lowest BCUT2D eigenvalue weighted by molar-refractivity contribution is -0.122. The van der Waals surface area contributed by atoms with Crippen LogP contribution in [0.25, 0.3) is 0 Å². The molecule has 0 radical (unpaired) electrons. The molecule has 0 saturated heterocycles. The smallest absolute Gasteiger partial charge is 0.227 e. The molecule has 29 heavy (non-hydrogen) atoms. The second-order valence-electron chi connectivity index (χ2n) is 8.98. The van der Waals surface area contributed by atoms with E-state index in [4.69, 9.17) is 4.52 Å². The fourth-order valence-corrected chi connectivity index (χ4v) is 4.10. The molecule has 0 aliphatic heterocycles. The summed E-state index contributed by atoms with van der Waals surface area (Å²) >= 11 is 0. The summed E-state index contributed by atoms with van der Waals surface area (Å²) in [5, 5.41) is 10.3. The van der Waals surface area contributed by atoms with Crippen molar-refractivity contribution in [1.82, 2.24) is 20.8 Å². The predicted molar refractivity (Wildman–Crippen MR) is 112 cm³/mol. The highest BCUT2D eigenvalue weighted by Crippen LogP contribution is 2.34. The number of nitrogens with one attached hydrogen (secondary N) is 2. The van der Waals surface area contributed by atoms with Gasteiger partial charge in [-0.15, -0.1) is 0 Å². The van der Waals surface area contributed by atoms with E-state index < -0.39 is 5.54 Å². The third kappa shape index (κ3) is 7.78. The Morgan fingerprint density at radius 2 is 1.79 bits per heavy atom. The topological polar surface area (TPSA) is 97.1 Å². The standard InChI is InChI=1S/C22H38N4O3/c1-16(2)10-9-11-17(3)23-19(28)12-13-20-24-21(26-29-20)22(25-18(4)27)14-7-5-6-8-15-22/h16-17H,5-15H2,1-4H3,(H,23,28)(H,25,27). The Morgan fingerprint density at radius 1 is 1.10 bits per heavy atom. The van der Waals surface area contributed by atoms with Gasteiger partial charge in [0.1, 0.15) is 5.54 Å². The molecular weight excluding hydrogens is 368 g/mol. The first kappa shape index (κ1) is 23.4. The van der Waals surface area contributed by atoms with Gasteiger partial charge in [0.25, 0.3) is 0 Å². The molecule has 164 valence electrons. The summed E-state index contributed by atoms with van der Waals surface area (Å²) in [7, 11) is 0. The molecular formula is C22H38N4O3. The monoisotopic (exact) mass is 406 g/mol.